The van der Waals surface area contributed by atoms with Gasteiger partial charge in [0.05, 0.1) is 5.56 Å². The van der Waals surface area contributed by atoms with E-state index in [4.69, 9.17) is 10.3 Å². The molecule has 0 aliphatic rings. The normalized spacial score (nSPS) is 10.7. The van der Waals surface area contributed by atoms with Gasteiger partial charge in [0.25, 0.3) is 0 Å². The molecule has 3 aromatic rings. The fourth-order valence-electron chi connectivity index (χ4n) is 2.28. The molecule has 0 fully saturated rings. The van der Waals surface area contributed by atoms with Gasteiger partial charge in [-0.25, -0.2) is 0 Å². The van der Waals surface area contributed by atoms with Crippen LogP contribution >= 0.6 is 0 Å². The maximum absolute atomic E-state index is 5.95. The van der Waals surface area contributed by atoms with Crippen LogP contribution in [-0.4, -0.2) is 5.16 Å². The summed E-state index contributed by atoms with van der Waals surface area (Å²) >= 11 is 0. The number of aromatic nitrogens is 1. The maximum atomic E-state index is 5.95. The summed E-state index contributed by atoms with van der Waals surface area (Å²) in [4.78, 5) is 0. The van der Waals surface area contributed by atoms with Gasteiger partial charge in [0, 0.05) is 5.56 Å². The van der Waals surface area contributed by atoms with Crippen LogP contribution in [0, 0.1) is 0 Å². The second-order valence-electron chi connectivity index (χ2n) is 4.69. The molecule has 3 nitrogen and oxygen atoms in total. The van der Waals surface area contributed by atoms with Crippen LogP contribution in [0.5, 0.6) is 0 Å². The highest BCUT2D eigenvalue weighted by Gasteiger charge is 2.16. The number of hydrogen-bond donors (Lipinski definition) is 1. The molecule has 2 aromatic carbocycles. The minimum absolute atomic E-state index is 0.355. The molecule has 0 aliphatic carbocycles. The van der Waals surface area contributed by atoms with Crippen LogP contribution in [0.15, 0.2) is 59.1 Å². The Labute approximate surface area is 118 Å². The van der Waals surface area contributed by atoms with E-state index in [-0.39, 0.29) is 0 Å². The molecule has 1 aromatic heterocycles. The molecule has 1 heterocycles. The molecular formula is C17H16N2O. The number of rotatable bonds is 3. The number of hydrogen-bond acceptors (Lipinski definition) is 3. The van der Waals surface area contributed by atoms with Gasteiger partial charge in [-0.2, -0.15) is 0 Å². The summed E-state index contributed by atoms with van der Waals surface area (Å²) in [6.07, 6.45) is 1.02. The maximum Gasteiger partial charge on any atom is 0.230 e. The van der Waals surface area contributed by atoms with Crippen LogP contribution in [0.25, 0.3) is 22.4 Å². The van der Waals surface area contributed by atoms with E-state index in [1.54, 1.807) is 0 Å². The average Bonchev–Trinajstić information content (AvgIpc) is 2.90. The largest absolute Gasteiger partial charge is 0.367 e. The van der Waals surface area contributed by atoms with Crippen molar-refractivity contribution >= 4 is 5.88 Å². The van der Waals surface area contributed by atoms with E-state index in [9.17, 15) is 0 Å². The molecule has 100 valence electrons. The lowest BCUT2D eigenvalue weighted by Crippen LogP contribution is -1.88. The van der Waals surface area contributed by atoms with Crippen LogP contribution in [-0.2, 0) is 6.42 Å². The van der Waals surface area contributed by atoms with E-state index < -0.39 is 0 Å². The molecule has 0 saturated carbocycles. The number of nitrogens with two attached hydrogens (primary N) is 1. The molecule has 0 atom stereocenters. The van der Waals surface area contributed by atoms with Crippen LogP contribution in [0.2, 0.25) is 0 Å². The summed E-state index contributed by atoms with van der Waals surface area (Å²) in [5.41, 5.74) is 10.9. The first kappa shape index (κ1) is 12.5. The second kappa shape index (κ2) is 5.21. The van der Waals surface area contributed by atoms with E-state index in [0.717, 1.165) is 28.8 Å². The number of benzene rings is 2. The van der Waals surface area contributed by atoms with E-state index in [1.165, 1.54) is 5.56 Å². The van der Waals surface area contributed by atoms with Gasteiger partial charge in [-0.1, -0.05) is 66.7 Å². The van der Waals surface area contributed by atoms with Crippen LogP contribution in [0.3, 0.4) is 0 Å². The molecule has 0 aliphatic heterocycles. The van der Waals surface area contributed by atoms with Crippen LogP contribution < -0.4 is 5.73 Å². The molecule has 20 heavy (non-hydrogen) atoms. The second-order valence-corrected chi connectivity index (χ2v) is 4.69. The quantitative estimate of drug-likeness (QED) is 0.773. The fourth-order valence-corrected chi connectivity index (χ4v) is 2.28. The number of anilines is 1. The van der Waals surface area contributed by atoms with Gasteiger partial charge in [0.1, 0.15) is 5.69 Å². The number of nitrogens with zero attached hydrogens (tertiary/aromatic N) is 1. The first-order valence-corrected chi connectivity index (χ1v) is 6.69. The van der Waals surface area contributed by atoms with E-state index >= 15 is 0 Å². The molecule has 3 heteroatoms. The summed E-state index contributed by atoms with van der Waals surface area (Å²) in [5, 5.41) is 4.10. The molecule has 0 saturated heterocycles. The summed E-state index contributed by atoms with van der Waals surface area (Å²) < 4.78 is 5.19. The number of aryl methyl sites for hydroxylation is 1. The highest BCUT2D eigenvalue weighted by atomic mass is 16.5. The van der Waals surface area contributed by atoms with E-state index in [1.807, 2.05) is 30.3 Å². The highest BCUT2D eigenvalue weighted by molar-refractivity contribution is 5.86. The van der Waals surface area contributed by atoms with Crippen molar-refractivity contribution in [3.63, 3.8) is 0 Å². The smallest absolute Gasteiger partial charge is 0.230 e. The Morgan fingerprint density at radius 3 is 2.30 bits per heavy atom. The lowest BCUT2D eigenvalue weighted by atomic mass is 9.99. The topological polar surface area (TPSA) is 52.0 Å². The third-order valence-electron chi connectivity index (χ3n) is 3.42. The fraction of sp³-hybridized carbons (Fsp3) is 0.118. The molecular weight excluding hydrogens is 248 g/mol. The third-order valence-corrected chi connectivity index (χ3v) is 3.42. The summed E-state index contributed by atoms with van der Waals surface area (Å²) in [6.45, 7) is 2.14. The first-order chi connectivity index (χ1) is 9.79. The first-order valence-electron chi connectivity index (χ1n) is 6.69. The van der Waals surface area contributed by atoms with Crippen molar-refractivity contribution in [2.45, 2.75) is 13.3 Å². The van der Waals surface area contributed by atoms with Gasteiger partial charge in [0.2, 0.25) is 5.88 Å². The van der Waals surface area contributed by atoms with E-state index in [2.05, 4.69) is 36.3 Å². The Bertz CT molecular complexity index is 700. The van der Waals surface area contributed by atoms with E-state index in [0.29, 0.717) is 5.88 Å². The molecule has 0 unspecified atom stereocenters. The van der Waals surface area contributed by atoms with Crippen LogP contribution in [0.4, 0.5) is 5.88 Å². The Morgan fingerprint density at radius 1 is 0.950 bits per heavy atom. The zero-order chi connectivity index (χ0) is 13.9. The van der Waals surface area contributed by atoms with Crippen molar-refractivity contribution in [3.8, 4) is 22.4 Å². The third kappa shape index (κ3) is 2.18. The van der Waals surface area contributed by atoms with Crippen molar-refractivity contribution in [3.05, 3.63) is 60.2 Å². The van der Waals surface area contributed by atoms with Crippen LogP contribution in [0.1, 0.15) is 12.5 Å². The van der Waals surface area contributed by atoms with Crippen molar-refractivity contribution in [1.29, 1.82) is 0 Å². The van der Waals surface area contributed by atoms with Gasteiger partial charge in [-0.15, -0.1) is 0 Å². The Balaban J connectivity index is 2.11. The summed E-state index contributed by atoms with van der Waals surface area (Å²) in [6, 6.07) is 18.3. The summed E-state index contributed by atoms with van der Waals surface area (Å²) in [7, 11) is 0. The van der Waals surface area contributed by atoms with Crippen molar-refractivity contribution in [2.24, 2.45) is 0 Å². The number of nitrogen functional groups attached to an aromatic ring is 1. The molecule has 2 N–H and O–H groups in total. The monoisotopic (exact) mass is 264 g/mol. The molecule has 0 spiro atoms. The lowest BCUT2D eigenvalue weighted by molar-refractivity contribution is 0.439. The minimum Gasteiger partial charge on any atom is -0.367 e. The molecule has 3 rings (SSSR count). The Morgan fingerprint density at radius 2 is 1.65 bits per heavy atom. The van der Waals surface area contributed by atoms with Crippen molar-refractivity contribution < 1.29 is 4.52 Å². The SMILES string of the molecule is CCc1ccc(-c2c(-c3ccccc3)noc2N)cc1. The predicted octanol–water partition coefficient (Wildman–Crippen LogP) is 4.15. The van der Waals surface area contributed by atoms with Crippen molar-refractivity contribution in [2.75, 3.05) is 5.73 Å². The lowest BCUT2D eigenvalue weighted by Gasteiger charge is -2.04. The standard InChI is InChI=1S/C17H16N2O/c1-2-12-8-10-13(11-9-12)15-16(19-20-17(15)18)14-6-4-3-5-7-14/h3-11H,2,18H2,1H3. The summed E-state index contributed by atoms with van der Waals surface area (Å²) in [5.74, 6) is 0.355. The Hall–Kier alpha value is -2.55. The minimum atomic E-state index is 0.355. The van der Waals surface area contributed by atoms with Gasteiger partial charge in [-0.3, -0.25) is 0 Å². The average molecular weight is 264 g/mol. The highest BCUT2D eigenvalue weighted by Crippen LogP contribution is 2.36. The van der Waals surface area contributed by atoms with Gasteiger partial charge in [-0.05, 0) is 17.5 Å². The van der Waals surface area contributed by atoms with Crippen molar-refractivity contribution in [1.82, 2.24) is 5.16 Å². The zero-order valence-electron chi connectivity index (χ0n) is 11.3. The van der Waals surface area contributed by atoms with Gasteiger partial charge in [0.15, 0.2) is 0 Å². The zero-order valence-corrected chi connectivity index (χ0v) is 11.3. The van der Waals surface area contributed by atoms with Gasteiger partial charge >= 0.3 is 0 Å². The predicted molar refractivity (Wildman–Crippen MR) is 81.2 cm³/mol. The molecule has 0 radical (unpaired) electrons. The Kier molecular flexibility index (Phi) is 3.25. The molecule has 0 amide bonds. The van der Waals surface area contributed by atoms with Gasteiger partial charge < -0.3 is 10.3 Å². The molecule has 0 bridgehead atoms.